The summed E-state index contributed by atoms with van der Waals surface area (Å²) in [7, 11) is 0. The van der Waals surface area contributed by atoms with Gasteiger partial charge in [0.05, 0.1) is 6.54 Å². The molecule has 6 heteroatoms. The molecule has 0 aliphatic carbocycles. The van der Waals surface area contributed by atoms with Crippen molar-refractivity contribution >= 4 is 17.3 Å². The van der Waals surface area contributed by atoms with Crippen molar-refractivity contribution in [1.82, 2.24) is 9.88 Å². The first-order valence-corrected chi connectivity index (χ1v) is 8.05. The largest absolute Gasteiger partial charge is 0.369 e. The smallest absolute Gasteiger partial charge is 0.238 e. The summed E-state index contributed by atoms with van der Waals surface area (Å²) in [4.78, 5) is 20.0. The molecule has 0 saturated carbocycles. The summed E-state index contributed by atoms with van der Waals surface area (Å²) in [5.74, 6) is -0.475. The molecule has 1 aliphatic heterocycles. The zero-order valence-corrected chi connectivity index (χ0v) is 13.7. The number of benzene rings is 1. The van der Waals surface area contributed by atoms with E-state index in [-0.39, 0.29) is 5.91 Å². The highest BCUT2D eigenvalue weighted by Crippen LogP contribution is 2.16. The van der Waals surface area contributed by atoms with E-state index in [0.29, 0.717) is 6.54 Å². The lowest BCUT2D eigenvalue weighted by atomic mass is 10.2. The van der Waals surface area contributed by atoms with Crippen molar-refractivity contribution in [1.29, 1.82) is 0 Å². The number of anilines is 2. The first kappa shape index (κ1) is 16.4. The molecular weight excluding hydrogens is 307 g/mol. The summed E-state index contributed by atoms with van der Waals surface area (Å²) >= 11 is 0. The fourth-order valence-electron chi connectivity index (χ4n) is 2.88. The van der Waals surface area contributed by atoms with E-state index in [9.17, 15) is 9.18 Å². The maximum Gasteiger partial charge on any atom is 0.238 e. The molecule has 1 aliphatic rings. The molecule has 24 heavy (non-hydrogen) atoms. The number of nitrogens with zero attached hydrogens (tertiary/aromatic N) is 3. The molecule has 1 aromatic heterocycles. The van der Waals surface area contributed by atoms with Gasteiger partial charge in [-0.25, -0.2) is 4.98 Å². The Morgan fingerprint density at radius 3 is 2.71 bits per heavy atom. The maximum absolute atomic E-state index is 13.2. The number of aromatic nitrogens is 1. The molecule has 0 unspecified atom stereocenters. The van der Waals surface area contributed by atoms with Crippen molar-refractivity contribution in [3.63, 3.8) is 0 Å². The van der Waals surface area contributed by atoms with Gasteiger partial charge in [-0.1, -0.05) is 12.1 Å². The summed E-state index contributed by atoms with van der Waals surface area (Å²) in [6.07, 6.45) is 1.48. The van der Waals surface area contributed by atoms with Crippen molar-refractivity contribution in [3.05, 3.63) is 54.1 Å². The van der Waals surface area contributed by atoms with E-state index < -0.39 is 5.95 Å². The molecule has 3 rings (SSSR count). The van der Waals surface area contributed by atoms with Gasteiger partial charge in [-0.05, 0) is 30.7 Å². The average molecular weight is 328 g/mol. The van der Waals surface area contributed by atoms with Crippen molar-refractivity contribution in [2.24, 2.45) is 0 Å². The second-order valence-electron chi connectivity index (χ2n) is 6.02. The SMILES string of the molecule is Cc1cccc(NC(=O)CN2CCN(c3ccnc(F)c3)CC2)c1. The second-order valence-corrected chi connectivity index (χ2v) is 6.02. The quantitative estimate of drug-likeness (QED) is 0.875. The van der Waals surface area contributed by atoms with Crippen LogP contribution in [0.5, 0.6) is 0 Å². The average Bonchev–Trinajstić information content (AvgIpc) is 2.55. The Hall–Kier alpha value is -2.47. The van der Waals surface area contributed by atoms with Crippen LogP contribution in [0.25, 0.3) is 0 Å². The van der Waals surface area contributed by atoms with Crippen LogP contribution in [0.2, 0.25) is 0 Å². The Morgan fingerprint density at radius 1 is 1.21 bits per heavy atom. The third-order valence-electron chi connectivity index (χ3n) is 4.12. The van der Waals surface area contributed by atoms with E-state index in [4.69, 9.17) is 0 Å². The first-order chi connectivity index (χ1) is 11.6. The minimum absolute atomic E-state index is 0.0102. The number of hydrogen-bond acceptors (Lipinski definition) is 4. The van der Waals surface area contributed by atoms with Crippen LogP contribution in [0.15, 0.2) is 42.6 Å². The minimum atomic E-state index is -0.465. The van der Waals surface area contributed by atoms with Gasteiger partial charge >= 0.3 is 0 Å². The zero-order chi connectivity index (χ0) is 16.9. The molecule has 5 nitrogen and oxygen atoms in total. The van der Waals surface area contributed by atoms with Crippen LogP contribution in [0.3, 0.4) is 0 Å². The topological polar surface area (TPSA) is 48.5 Å². The van der Waals surface area contributed by atoms with Crippen LogP contribution in [0.1, 0.15) is 5.56 Å². The molecule has 1 amide bonds. The van der Waals surface area contributed by atoms with Gasteiger partial charge in [-0.2, -0.15) is 4.39 Å². The molecule has 126 valence electrons. The Bertz CT molecular complexity index is 714. The minimum Gasteiger partial charge on any atom is -0.369 e. The van der Waals surface area contributed by atoms with Crippen molar-refractivity contribution in [2.75, 3.05) is 42.9 Å². The summed E-state index contributed by atoms with van der Waals surface area (Å²) in [6.45, 7) is 5.43. The van der Waals surface area contributed by atoms with Gasteiger partial charge < -0.3 is 10.2 Å². The number of hydrogen-bond donors (Lipinski definition) is 1. The number of nitrogens with one attached hydrogen (secondary N) is 1. The van der Waals surface area contributed by atoms with Gasteiger partial charge in [0, 0.05) is 49.8 Å². The molecule has 2 heterocycles. The second kappa shape index (κ2) is 7.40. The number of rotatable bonds is 4. The number of aryl methyl sites for hydroxylation is 1. The van der Waals surface area contributed by atoms with E-state index in [2.05, 4.69) is 20.1 Å². The summed E-state index contributed by atoms with van der Waals surface area (Å²) in [5, 5.41) is 2.93. The van der Waals surface area contributed by atoms with Gasteiger partial charge in [0.25, 0.3) is 0 Å². The molecule has 0 bridgehead atoms. The lowest BCUT2D eigenvalue weighted by molar-refractivity contribution is -0.117. The van der Waals surface area contributed by atoms with Gasteiger partial charge in [0.1, 0.15) is 0 Å². The van der Waals surface area contributed by atoms with Crippen LogP contribution in [0, 0.1) is 12.9 Å². The monoisotopic (exact) mass is 328 g/mol. The highest BCUT2D eigenvalue weighted by Gasteiger charge is 2.19. The highest BCUT2D eigenvalue weighted by molar-refractivity contribution is 5.92. The Balaban J connectivity index is 1.49. The lowest BCUT2D eigenvalue weighted by Crippen LogP contribution is -2.48. The van der Waals surface area contributed by atoms with E-state index in [0.717, 1.165) is 43.1 Å². The van der Waals surface area contributed by atoms with Gasteiger partial charge in [0.2, 0.25) is 11.9 Å². The standard InChI is InChI=1S/C18H21FN4O/c1-14-3-2-4-15(11-14)21-18(24)13-22-7-9-23(10-8-22)16-5-6-20-17(19)12-16/h2-6,11-12H,7-10,13H2,1H3,(H,21,24). The first-order valence-electron chi connectivity index (χ1n) is 8.05. The lowest BCUT2D eigenvalue weighted by Gasteiger charge is -2.35. The van der Waals surface area contributed by atoms with E-state index >= 15 is 0 Å². The maximum atomic E-state index is 13.2. The third kappa shape index (κ3) is 4.29. The molecule has 1 aromatic carbocycles. The number of carbonyl (C=O) groups excluding carboxylic acids is 1. The van der Waals surface area contributed by atoms with Crippen molar-refractivity contribution < 1.29 is 9.18 Å². The van der Waals surface area contributed by atoms with Gasteiger partial charge in [0.15, 0.2) is 0 Å². The Morgan fingerprint density at radius 2 is 2.00 bits per heavy atom. The van der Waals surface area contributed by atoms with E-state index in [1.54, 1.807) is 0 Å². The Kier molecular flexibility index (Phi) is 5.05. The van der Waals surface area contributed by atoms with E-state index in [1.165, 1.54) is 12.3 Å². The molecule has 1 saturated heterocycles. The van der Waals surface area contributed by atoms with Crippen LogP contribution in [-0.4, -0.2) is 48.5 Å². The fraction of sp³-hybridized carbons (Fsp3) is 0.333. The van der Waals surface area contributed by atoms with Crippen LogP contribution >= 0.6 is 0 Å². The summed E-state index contributed by atoms with van der Waals surface area (Å²) < 4.78 is 13.2. The number of pyridine rings is 1. The van der Waals surface area contributed by atoms with Crippen molar-refractivity contribution in [2.45, 2.75) is 6.92 Å². The van der Waals surface area contributed by atoms with E-state index in [1.807, 2.05) is 37.3 Å². The predicted molar refractivity (Wildman–Crippen MR) is 92.7 cm³/mol. The molecule has 0 spiro atoms. The molecule has 1 N–H and O–H groups in total. The van der Waals surface area contributed by atoms with Crippen molar-refractivity contribution in [3.8, 4) is 0 Å². The van der Waals surface area contributed by atoms with Crippen LogP contribution in [-0.2, 0) is 4.79 Å². The molecular formula is C18H21FN4O. The zero-order valence-electron chi connectivity index (χ0n) is 13.7. The highest BCUT2D eigenvalue weighted by atomic mass is 19.1. The number of amides is 1. The molecule has 0 radical (unpaired) electrons. The number of piperazine rings is 1. The van der Waals surface area contributed by atoms with Crippen LogP contribution in [0.4, 0.5) is 15.8 Å². The normalized spacial score (nSPS) is 15.3. The van der Waals surface area contributed by atoms with Crippen LogP contribution < -0.4 is 10.2 Å². The summed E-state index contributed by atoms with van der Waals surface area (Å²) in [6, 6.07) is 11.0. The number of halogens is 1. The predicted octanol–water partition coefficient (Wildman–Crippen LogP) is 2.29. The summed E-state index contributed by atoms with van der Waals surface area (Å²) in [5.41, 5.74) is 2.78. The molecule has 2 aromatic rings. The van der Waals surface area contributed by atoms with Gasteiger partial charge in [-0.3, -0.25) is 9.69 Å². The fourth-order valence-corrected chi connectivity index (χ4v) is 2.88. The third-order valence-corrected chi connectivity index (χ3v) is 4.12. The van der Waals surface area contributed by atoms with Gasteiger partial charge in [-0.15, -0.1) is 0 Å². The molecule has 1 fully saturated rings. The number of carbonyl (C=O) groups is 1. The molecule has 0 atom stereocenters. The Labute approximate surface area is 141 Å².